The normalized spacial score (nSPS) is 11.1. The largest absolute Gasteiger partial charge is 0.497 e. The van der Waals surface area contributed by atoms with Crippen molar-refractivity contribution in [2.24, 2.45) is 0 Å². The van der Waals surface area contributed by atoms with Crippen LogP contribution in [-0.2, 0) is 16.6 Å². The third-order valence-corrected chi connectivity index (χ3v) is 3.23. The minimum Gasteiger partial charge on any atom is -0.497 e. The maximum Gasteiger partial charge on any atom is 0.267 e. The molecule has 0 aliphatic heterocycles. The molecule has 2 aromatic rings. The van der Waals surface area contributed by atoms with Gasteiger partial charge in [0.05, 0.1) is 31.7 Å². The zero-order valence-electron chi connectivity index (χ0n) is 11.6. The highest BCUT2D eigenvalue weighted by atomic mass is 32.2. The molecule has 0 unspecified atom stereocenters. The van der Waals surface area contributed by atoms with Crippen LogP contribution in [0.4, 0.5) is 0 Å². The summed E-state index contributed by atoms with van der Waals surface area (Å²) < 4.78 is 30.5. The van der Waals surface area contributed by atoms with Crippen LogP contribution in [0.3, 0.4) is 0 Å². The molecule has 0 radical (unpaired) electrons. The second-order valence-corrected chi connectivity index (χ2v) is 6.23. The predicted molar refractivity (Wildman–Crippen MR) is 76.6 cm³/mol. The van der Waals surface area contributed by atoms with E-state index in [0.29, 0.717) is 6.54 Å². The monoisotopic (exact) mass is 309 g/mol. The molecule has 1 aromatic heterocycles. The number of hydrogen-bond acceptors (Lipinski definition) is 5. The number of aromatic nitrogens is 2. The second kappa shape index (κ2) is 5.96. The summed E-state index contributed by atoms with van der Waals surface area (Å²) in [5, 5.41) is 4.03. The van der Waals surface area contributed by atoms with E-state index in [2.05, 4.69) is 5.10 Å². The van der Waals surface area contributed by atoms with Crippen LogP contribution in [0.2, 0.25) is 0 Å². The van der Waals surface area contributed by atoms with E-state index in [1.807, 2.05) is 29.0 Å². The van der Waals surface area contributed by atoms with E-state index in [0.717, 1.165) is 17.6 Å². The standard InChI is InChI=1S/C13H15N3O4S/c1-20-12-5-3-10(4-6-12)8-16-9-11(7-14-16)13(17)15-21(2,18)19/h3-7,9H,8H2,1-2H3,(H,15,17). The molecular weight excluding hydrogens is 294 g/mol. The number of amides is 1. The summed E-state index contributed by atoms with van der Waals surface area (Å²) in [6.07, 6.45) is 3.74. The summed E-state index contributed by atoms with van der Waals surface area (Å²) >= 11 is 0. The number of nitrogens with one attached hydrogen (secondary N) is 1. The Kier molecular flexibility index (Phi) is 4.27. The van der Waals surface area contributed by atoms with Gasteiger partial charge in [0.15, 0.2) is 0 Å². The van der Waals surface area contributed by atoms with Crippen LogP contribution in [0.25, 0.3) is 0 Å². The molecule has 2 rings (SSSR count). The van der Waals surface area contributed by atoms with Crippen LogP contribution >= 0.6 is 0 Å². The Bertz CT molecular complexity index is 735. The van der Waals surface area contributed by atoms with Crippen molar-refractivity contribution in [2.75, 3.05) is 13.4 Å². The topological polar surface area (TPSA) is 90.3 Å². The Morgan fingerprint density at radius 3 is 2.57 bits per heavy atom. The quantitative estimate of drug-likeness (QED) is 0.875. The second-order valence-electron chi connectivity index (χ2n) is 4.48. The number of benzene rings is 1. The van der Waals surface area contributed by atoms with E-state index in [1.54, 1.807) is 11.8 Å². The highest BCUT2D eigenvalue weighted by molar-refractivity contribution is 7.89. The molecule has 0 saturated heterocycles. The first-order valence-corrected chi connectivity index (χ1v) is 7.94. The maximum atomic E-state index is 11.6. The van der Waals surface area contributed by atoms with Crippen molar-refractivity contribution in [3.63, 3.8) is 0 Å². The zero-order valence-corrected chi connectivity index (χ0v) is 12.4. The lowest BCUT2D eigenvalue weighted by Gasteiger charge is -2.03. The minimum atomic E-state index is -3.58. The molecule has 112 valence electrons. The number of methoxy groups -OCH3 is 1. The van der Waals surface area contributed by atoms with E-state index < -0.39 is 15.9 Å². The van der Waals surface area contributed by atoms with Crippen LogP contribution in [-0.4, -0.2) is 37.5 Å². The van der Waals surface area contributed by atoms with E-state index in [4.69, 9.17) is 4.74 Å². The predicted octanol–water partition coefficient (Wildman–Crippen LogP) is 0.629. The molecule has 0 atom stereocenters. The number of hydrogen-bond donors (Lipinski definition) is 1. The van der Waals surface area contributed by atoms with Crippen molar-refractivity contribution in [3.8, 4) is 5.75 Å². The number of rotatable bonds is 5. The third-order valence-electron chi connectivity index (χ3n) is 2.68. The average molecular weight is 309 g/mol. The molecule has 7 nitrogen and oxygen atoms in total. The van der Waals surface area contributed by atoms with Crippen LogP contribution in [0.5, 0.6) is 5.75 Å². The summed E-state index contributed by atoms with van der Waals surface area (Å²) in [5.74, 6) is 0.0610. The highest BCUT2D eigenvalue weighted by Crippen LogP contribution is 2.12. The van der Waals surface area contributed by atoms with Crippen molar-refractivity contribution >= 4 is 15.9 Å². The third kappa shape index (κ3) is 4.32. The van der Waals surface area contributed by atoms with Gasteiger partial charge in [-0.1, -0.05) is 12.1 Å². The summed E-state index contributed by atoms with van der Waals surface area (Å²) in [5.41, 5.74) is 1.17. The number of ether oxygens (including phenoxy) is 1. The van der Waals surface area contributed by atoms with Gasteiger partial charge in [0.2, 0.25) is 10.0 Å². The molecule has 0 aliphatic rings. The molecule has 0 spiro atoms. The highest BCUT2D eigenvalue weighted by Gasteiger charge is 2.13. The van der Waals surface area contributed by atoms with Crippen molar-refractivity contribution < 1.29 is 17.9 Å². The fourth-order valence-corrected chi connectivity index (χ4v) is 2.17. The molecule has 21 heavy (non-hydrogen) atoms. The minimum absolute atomic E-state index is 0.189. The van der Waals surface area contributed by atoms with Gasteiger partial charge in [-0.15, -0.1) is 0 Å². The van der Waals surface area contributed by atoms with E-state index in [9.17, 15) is 13.2 Å². The number of sulfonamides is 1. The first-order chi connectivity index (χ1) is 9.87. The van der Waals surface area contributed by atoms with Crippen LogP contribution in [0, 0.1) is 0 Å². The molecule has 1 amide bonds. The van der Waals surface area contributed by atoms with Crippen LogP contribution in [0.1, 0.15) is 15.9 Å². The molecule has 8 heteroatoms. The average Bonchev–Trinajstić information content (AvgIpc) is 2.86. The lowest BCUT2D eigenvalue weighted by Crippen LogP contribution is -2.29. The van der Waals surface area contributed by atoms with Crippen molar-refractivity contribution in [3.05, 3.63) is 47.8 Å². The number of carbonyl (C=O) groups excluding carboxylic acids is 1. The Morgan fingerprint density at radius 2 is 2.00 bits per heavy atom. The van der Waals surface area contributed by atoms with E-state index in [1.165, 1.54) is 12.4 Å². The smallest absolute Gasteiger partial charge is 0.267 e. The van der Waals surface area contributed by atoms with Gasteiger partial charge in [0.1, 0.15) is 5.75 Å². The maximum absolute atomic E-state index is 11.6. The van der Waals surface area contributed by atoms with Crippen molar-refractivity contribution in [2.45, 2.75) is 6.54 Å². The molecule has 1 N–H and O–H groups in total. The van der Waals surface area contributed by atoms with Crippen molar-refractivity contribution in [1.29, 1.82) is 0 Å². The van der Waals surface area contributed by atoms with Crippen molar-refractivity contribution in [1.82, 2.24) is 14.5 Å². The molecular formula is C13H15N3O4S. The van der Waals surface area contributed by atoms with Gasteiger partial charge in [-0.25, -0.2) is 13.1 Å². The van der Waals surface area contributed by atoms with Gasteiger partial charge < -0.3 is 4.74 Å². The SMILES string of the molecule is COc1ccc(Cn2cc(C(=O)NS(C)(=O)=O)cn2)cc1. The summed E-state index contributed by atoms with van der Waals surface area (Å²) in [6, 6.07) is 7.43. The summed E-state index contributed by atoms with van der Waals surface area (Å²) in [7, 11) is -1.99. The van der Waals surface area contributed by atoms with E-state index >= 15 is 0 Å². The lowest BCUT2D eigenvalue weighted by molar-refractivity contribution is 0.0981. The zero-order chi connectivity index (χ0) is 15.5. The van der Waals surface area contributed by atoms with Gasteiger partial charge in [-0.3, -0.25) is 9.48 Å². The fourth-order valence-electron chi connectivity index (χ4n) is 1.71. The van der Waals surface area contributed by atoms with Crippen LogP contribution in [0.15, 0.2) is 36.7 Å². The van der Waals surface area contributed by atoms with E-state index in [-0.39, 0.29) is 5.56 Å². The first kappa shape index (κ1) is 15.0. The van der Waals surface area contributed by atoms with Gasteiger partial charge in [0.25, 0.3) is 5.91 Å². The summed E-state index contributed by atoms with van der Waals surface area (Å²) in [6.45, 7) is 0.468. The molecule has 0 bridgehead atoms. The van der Waals surface area contributed by atoms with Gasteiger partial charge >= 0.3 is 0 Å². The van der Waals surface area contributed by atoms with Crippen LogP contribution < -0.4 is 9.46 Å². The summed E-state index contributed by atoms with van der Waals surface area (Å²) in [4.78, 5) is 11.6. The lowest BCUT2D eigenvalue weighted by atomic mass is 10.2. The number of carbonyl (C=O) groups is 1. The molecule has 0 aliphatic carbocycles. The van der Waals surface area contributed by atoms with Gasteiger partial charge in [-0.05, 0) is 17.7 Å². The molecule has 0 fully saturated rings. The Hall–Kier alpha value is -2.35. The van der Waals surface area contributed by atoms with Gasteiger partial charge in [-0.2, -0.15) is 5.10 Å². The molecule has 1 heterocycles. The molecule has 1 aromatic carbocycles. The Morgan fingerprint density at radius 1 is 1.33 bits per heavy atom. The number of nitrogens with zero attached hydrogens (tertiary/aromatic N) is 2. The first-order valence-electron chi connectivity index (χ1n) is 6.05. The fraction of sp³-hybridized carbons (Fsp3) is 0.231. The Balaban J connectivity index is 2.07. The van der Waals surface area contributed by atoms with Gasteiger partial charge in [0, 0.05) is 6.20 Å². The Labute approximate surface area is 122 Å². The molecule has 0 saturated carbocycles.